The standard InChI is InChI=1S/C19H17NO2P2/c21-23(18-10-3-1-4-11-18)14-16-8-7-9-17(20-16)15-24(22)19-12-5-2-6-13-19/h1-13H,14-15H2/q+2. The Hall–Kier alpha value is -2.21. The lowest BCUT2D eigenvalue weighted by molar-refractivity contribution is 0.592. The number of hydrogen-bond donors (Lipinski definition) is 0. The van der Waals surface area contributed by atoms with Crippen LogP contribution in [0, 0.1) is 0 Å². The Morgan fingerprint density at radius 1 is 0.583 bits per heavy atom. The zero-order chi connectivity index (χ0) is 16.8. The molecule has 0 spiro atoms. The Kier molecular flexibility index (Phi) is 5.59. The van der Waals surface area contributed by atoms with Gasteiger partial charge in [-0.3, -0.25) is 0 Å². The number of rotatable bonds is 6. The summed E-state index contributed by atoms with van der Waals surface area (Å²) in [5, 5.41) is 1.66. The normalized spacial score (nSPS) is 11.8. The van der Waals surface area contributed by atoms with Gasteiger partial charge in [-0.2, -0.15) is 0 Å². The molecule has 2 unspecified atom stereocenters. The second-order valence-electron chi connectivity index (χ2n) is 5.36. The number of benzene rings is 2. The zero-order valence-corrected chi connectivity index (χ0v) is 14.9. The van der Waals surface area contributed by atoms with E-state index in [4.69, 9.17) is 0 Å². The zero-order valence-electron chi connectivity index (χ0n) is 13.1. The number of hydrogen-bond acceptors (Lipinski definition) is 3. The van der Waals surface area contributed by atoms with Crippen molar-refractivity contribution in [1.82, 2.24) is 4.98 Å². The van der Waals surface area contributed by atoms with E-state index >= 15 is 0 Å². The molecule has 1 heterocycles. The van der Waals surface area contributed by atoms with Crippen LogP contribution in [0.25, 0.3) is 0 Å². The van der Waals surface area contributed by atoms with Gasteiger partial charge in [0.25, 0.3) is 0 Å². The molecule has 5 heteroatoms. The molecule has 3 rings (SSSR count). The fourth-order valence-electron chi connectivity index (χ4n) is 2.37. The molecular formula is C19H17NO2P2+2. The third-order valence-corrected chi connectivity index (χ3v) is 6.53. The summed E-state index contributed by atoms with van der Waals surface area (Å²) in [6.45, 7) is 0. The maximum absolute atomic E-state index is 12.4. The lowest BCUT2D eigenvalue weighted by Crippen LogP contribution is -2.00. The molecule has 3 aromatic rings. The highest BCUT2D eigenvalue weighted by atomic mass is 31.1. The Labute approximate surface area is 143 Å². The van der Waals surface area contributed by atoms with Gasteiger partial charge in [0.15, 0.2) is 22.9 Å². The second-order valence-corrected chi connectivity index (χ2v) is 8.54. The molecule has 3 nitrogen and oxygen atoms in total. The van der Waals surface area contributed by atoms with Crippen LogP contribution in [0.15, 0.2) is 78.9 Å². The molecule has 0 aliphatic rings. The molecule has 0 bridgehead atoms. The molecule has 2 atom stereocenters. The van der Waals surface area contributed by atoms with Crippen molar-refractivity contribution >= 4 is 26.2 Å². The molecule has 0 amide bonds. The van der Waals surface area contributed by atoms with Gasteiger partial charge in [0.05, 0.1) is 11.4 Å². The quantitative estimate of drug-likeness (QED) is 0.618. The van der Waals surface area contributed by atoms with Crippen LogP contribution < -0.4 is 10.6 Å². The van der Waals surface area contributed by atoms with E-state index in [-0.39, 0.29) is 0 Å². The Balaban J connectivity index is 1.70. The van der Waals surface area contributed by atoms with E-state index in [2.05, 4.69) is 4.98 Å². The van der Waals surface area contributed by atoms with Gasteiger partial charge in [0, 0.05) is 0 Å². The molecule has 0 saturated heterocycles. The molecule has 118 valence electrons. The van der Waals surface area contributed by atoms with Crippen LogP contribution in [0.5, 0.6) is 0 Å². The van der Waals surface area contributed by atoms with Crippen LogP contribution in [0.4, 0.5) is 0 Å². The van der Waals surface area contributed by atoms with Crippen molar-refractivity contribution in [2.75, 3.05) is 0 Å². The summed E-state index contributed by atoms with van der Waals surface area (Å²) in [6, 6.07) is 24.5. The van der Waals surface area contributed by atoms with Crippen LogP contribution in [0.2, 0.25) is 0 Å². The van der Waals surface area contributed by atoms with Crippen LogP contribution in [-0.4, -0.2) is 4.98 Å². The Morgan fingerprint density at radius 3 is 1.42 bits per heavy atom. The highest BCUT2D eigenvalue weighted by molar-refractivity contribution is 7.53. The summed E-state index contributed by atoms with van der Waals surface area (Å²) in [6.07, 6.45) is 0.796. The fourth-order valence-corrected chi connectivity index (χ4v) is 4.69. The van der Waals surface area contributed by atoms with Crippen molar-refractivity contribution < 1.29 is 9.13 Å². The minimum atomic E-state index is -1.51. The van der Waals surface area contributed by atoms with Gasteiger partial charge >= 0.3 is 15.6 Å². The summed E-state index contributed by atoms with van der Waals surface area (Å²) in [5.74, 6) is 0. The molecular weight excluding hydrogens is 336 g/mol. The summed E-state index contributed by atoms with van der Waals surface area (Å²) in [5.41, 5.74) is 1.54. The molecule has 1 aromatic heterocycles. The molecule has 0 saturated carbocycles. The van der Waals surface area contributed by atoms with Crippen molar-refractivity contribution in [3.8, 4) is 0 Å². The lowest BCUT2D eigenvalue weighted by atomic mass is 10.3. The number of nitrogens with zero attached hydrogens (tertiary/aromatic N) is 1. The minimum absolute atomic E-state index is 0.398. The van der Waals surface area contributed by atoms with Crippen molar-refractivity contribution in [2.45, 2.75) is 12.3 Å². The predicted molar refractivity (Wildman–Crippen MR) is 99.0 cm³/mol. The smallest absolute Gasteiger partial charge is 0.249 e. The summed E-state index contributed by atoms with van der Waals surface area (Å²) in [4.78, 5) is 4.54. The van der Waals surface area contributed by atoms with Crippen molar-refractivity contribution in [1.29, 1.82) is 0 Å². The molecule has 0 fully saturated rings. The van der Waals surface area contributed by atoms with Crippen molar-refractivity contribution in [2.24, 2.45) is 0 Å². The fraction of sp³-hybridized carbons (Fsp3) is 0.105. The average Bonchev–Trinajstić information content (AvgIpc) is 2.63. The monoisotopic (exact) mass is 353 g/mol. The van der Waals surface area contributed by atoms with E-state index in [0.29, 0.717) is 12.3 Å². The first-order valence-corrected chi connectivity index (χ1v) is 10.6. The van der Waals surface area contributed by atoms with Gasteiger partial charge in [-0.05, 0) is 36.4 Å². The van der Waals surface area contributed by atoms with Gasteiger partial charge in [-0.15, -0.1) is 0 Å². The first-order chi connectivity index (χ1) is 11.7. The highest BCUT2D eigenvalue weighted by Crippen LogP contribution is 2.28. The SMILES string of the molecule is O=[P+](Cc1cccc(C[P+](=O)c2ccccc2)n1)c1ccccc1. The van der Waals surface area contributed by atoms with Crippen LogP contribution in [0.1, 0.15) is 11.4 Å². The highest BCUT2D eigenvalue weighted by Gasteiger charge is 2.23. The third-order valence-electron chi connectivity index (χ3n) is 3.56. The minimum Gasteiger partial charge on any atom is -0.249 e. The first-order valence-electron chi connectivity index (χ1n) is 7.66. The van der Waals surface area contributed by atoms with Crippen LogP contribution in [0.3, 0.4) is 0 Å². The molecule has 24 heavy (non-hydrogen) atoms. The topological polar surface area (TPSA) is 47.0 Å². The van der Waals surface area contributed by atoms with E-state index in [1.54, 1.807) is 0 Å². The van der Waals surface area contributed by atoms with Crippen molar-refractivity contribution in [3.63, 3.8) is 0 Å². The van der Waals surface area contributed by atoms with E-state index < -0.39 is 15.6 Å². The van der Waals surface area contributed by atoms with Gasteiger partial charge in [-0.1, -0.05) is 51.6 Å². The molecule has 0 aliphatic heterocycles. The number of pyridine rings is 1. The third kappa shape index (κ3) is 4.41. The molecule has 0 N–H and O–H groups in total. The van der Waals surface area contributed by atoms with E-state index in [0.717, 1.165) is 22.0 Å². The number of aromatic nitrogens is 1. The summed E-state index contributed by atoms with van der Waals surface area (Å²) in [7, 11) is -3.03. The average molecular weight is 353 g/mol. The Bertz CT molecular complexity index is 783. The molecule has 0 radical (unpaired) electrons. The predicted octanol–water partition coefficient (Wildman–Crippen LogP) is 4.39. The summed E-state index contributed by atoms with van der Waals surface area (Å²) < 4.78 is 24.8. The van der Waals surface area contributed by atoms with Gasteiger partial charge in [0.2, 0.25) is 0 Å². The van der Waals surface area contributed by atoms with Gasteiger partial charge < -0.3 is 0 Å². The first kappa shape index (κ1) is 16.6. The van der Waals surface area contributed by atoms with Crippen molar-refractivity contribution in [3.05, 3.63) is 90.3 Å². The van der Waals surface area contributed by atoms with E-state index in [9.17, 15) is 9.13 Å². The summed E-state index contributed by atoms with van der Waals surface area (Å²) >= 11 is 0. The molecule has 2 aromatic carbocycles. The van der Waals surface area contributed by atoms with Crippen LogP contribution in [-0.2, 0) is 21.5 Å². The molecule has 0 aliphatic carbocycles. The maximum atomic E-state index is 12.4. The lowest BCUT2D eigenvalue weighted by Gasteiger charge is -1.96. The van der Waals surface area contributed by atoms with Gasteiger partial charge in [-0.25, -0.2) is 4.98 Å². The van der Waals surface area contributed by atoms with E-state index in [1.165, 1.54) is 0 Å². The largest absolute Gasteiger partial charge is 0.383 e. The van der Waals surface area contributed by atoms with Gasteiger partial charge in [0.1, 0.15) is 0 Å². The Morgan fingerprint density at radius 2 is 1.00 bits per heavy atom. The maximum Gasteiger partial charge on any atom is 0.383 e. The van der Waals surface area contributed by atoms with Crippen LogP contribution >= 0.6 is 15.6 Å². The second kappa shape index (κ2) is 8.06. The van der Waals surface area contributed by atoms with E-state index in [1.807, 2.05) is 78.9 Å².